The molecule has 3 atom stereocenters. The highest BCUT2D eigenvalue weighted by Gasteiger charge is 2.32. The summed E-state index contributed by atoms with van der Waals surface area (Å²) in [6, 6.07) is 4.17. The van der Waals surface area contributed by atoms with E-state index in [0.29, 0.717) is 0 Å². The van der Waals surface area contributed by atoms with Crippen molar-refractivity contribution in [3.63, 3.8) is 0 Å². The Morgan fingerprint density at radius 3 is 2.30 bits per heavy atom. The highest BCUT2D eigenvalue weighted by Crippen LogP contribution is 2.21. The smallest absolute Gasteiger partial charge is 0.330 e. The van der Waals surface area contributed by atoms with E-state index in [1.54, 1.807) is 0 Å². The van der Waals surface area contributed by atoms with Crippen molar-refractivity contribution in [2.45, 2.75) is 37.0 Å². The summed E-state index contributed by atoms with van der Waals surface area (Å²) in [7, 11) is -2.56. The van der Waals surface area contributed by atoms with Crippen molar-refractivity contribution in [3.05, 3.63) is 29.8 Å². The second-order valence-corrected chi connectivity index (χ2v) is 8.27. The second kappa shape index (κ2) is 8.79. The van der Waals surface area contributed by atoms with Crippen LogP contribution in [-0.2, 0) is 24.3 Å². The van der Waals surface area contributed by atoms with Crippen LogP contribution in [-0.4, -0.2) is 74.8 Å². The number of amides is 1. The van der Waals surface area contributed by atoms with Crippen LogP contribution in [0.2, 0.25) is 0 Å². The van der Waals surface area contributed by atoms with E-state index in [4.69, 9.17) is 9.84 Å². The SMILES string of the molecule is COC(=O)[C@H](CO)NC(=O)c1ccc(S(=O)(=O)N2C[C@H](C)O[C@@H](C)C2)cc1. The lowest BCUT2D eigenvalue weighted by Crippen LogP contribution is -2.48. The van der Waals surface area contributed by atoms with Gasteiger partial charge in [0, 0.05) is 18.7 Å². The molecular formula is C17H24N2O7S. The maximum absolute atomic E-state index is 12.8. The average Bonchev–Trinajstić information content (AvgIpc) is 2.64. The van der Waals surface area contributed by atoms with Gasteiger partial charge in [-0.15, -0.1) is 0 Å². The van der Waals surface area contributed by atoms with Gasteiger partial charge in [0.2, 0.25) is 10.0 Å². The van der Waals surface area contributed by atoms with Crippen LogP contribution >= 0.6 is 0 Å². The zero-order valence-electron chi connectivity index (χ0n) is 15.4. The molecule has 2 N–H and O–H groups in total. The number of morpholine rings is 1. The van der Waals surface area contributed by atoms with Crippen molar-refractivity contribution in [3.8, 4) is 0 Å². The number of nitrogens with zero attached hydrogens (tertiary/aromatic N) is 1. The molecule has 9 nitrogen and oxygen atoms in total. The largest absolute Gasteiger partial charge is 0.467 e. The molecule has 10 heteroatoms. The molecule has 1 fully saturated rings. The number of ether oxygens (including phenoxy) is 2. The van der Waals surface area contributed by atoms with Gasteiger partial charge in [0.25, 0.3) is 5.91 Å². The van der Waals surface area contributed by atoms with E-state index in [2.05, 4.69) is 10.1 Å². The normalized spacial score (nSPS) is 22.1. The van der Waals surface area contributed by atoms with Gasteiger partial charge in [-0.25, -0.2) is 13.2 Å². The Morgan fingerprint density at radius 2 is 1.81 bits per heavy atom. The molecule has 27 heavy (non-hydrogen) atoms. The Kier molecular flexibility index (Phi) is 6.93. The lowest BCUT2D eigenvalue weighted by atomic mass is 10.2. The third-order valence-electron chi connectivity index (χ3n) is 4.11. The molecule has 1 aromatic rings. The molecule has 1 aliphatic rings. The van der Waals surface area contributed by atoms with Crippen molar-refractivity contribution in [2.75, 3.05) is 26.8 Å². The number of aliphatic hydroxyl groups is 1. The number of sulfonamides is 1. The summed E-state index contributed by atoms with van der Waals surface area (Å²) in [6.45, 7) is 3.52. The minimum atomic E-state index is -3.71. The Bertz CT molecular complexity index is 769. The molecule has 150 valence electrons. The molecule has 0 aromatic heterocycles. The van der Waals surface area contributed by atoms with E-state index in [1.807, 2.05) is 13.8 Å². The molecule has 1 saturated heterocycles. The van der Waals surface area contributed by atoms with Gasteiger partial charge in [-0.3, -0.25) is 4.79 Å². The van der Waals surface area contributed by atoms with Crippen molar-refractivity contribution in [1.82, 2.24) is 9.62 Å². The van der Waals surface area contributed by atoms with Crippen molar-refractivity contribution in [1.29, 1.82) is 0 Å². The van der Waals surface area contributed by atoms with Crippen molar-refractivity contribution >= 4 is 21.9 Å². The fourth-order valence-electron chi connectivity index (χ4n) is 2.82. The number of nitrogens with one attached hydrogen (secondary N) is 1. The summed E-state index contributed by atoms with van der Waals surface area (Å²) in [4.78, 5) is 23.7. The summed E-state index contributed by atoms with van der Waals surface area (Å²) < 4.78 is 37.0. The van der Waals surface area contributed by atoms with Crippen molar-refractivity contribution in [2.24, 2.45) is 0 Å². The van der Waals surface area contributed by atoms with E-state index in [-0.39, 0.29) is 35.8 Å². The van der Waals surface area contributed by atoms with Crippen molar-refractivity contribution < 1.29 is 32.6 Å². The maximum Gasteiger partial charge on any atom is 0.330 e. The minimum Gasteiger partial charge on any atom is -0.467 e. The van der Waals surface area contributed by atoms with E-state index in [9.17, 15) is 18.0 Å². The van der Waals surface area contributed by atoms with Crippen LogP contribution in [0.5, 0.6) is 0 Å². The molecule has 0 bridgehead atoms. The van der Waals surface area contributed by atoms with Crippen LogP contribution < -0.4 is 5.32 Å². The Balaban J connectivity index is 2.14. The summed E-state index contributed by atoms with van der Waals surface area (Å²) >= 11 is 0. The molecule has 0 saturated carbocycles. The second-order valence-electron chi connectivity index (χ2n) is 6.34. The topological polar surface area (TPSA) is 122 Å². The standard InChI is InChI=1S/C17H24N2O7S/c1-11-8-19(9-12(2)26-11)27(23,24)14-6-4-13(5-7-14)16(21)18-15(10-20)17(22)25-3/h4-7,11-12,15,20H,8-10H2,1-3H3,(H,18,21)/t11-,12-,15-/m0/s1. The fourth-order valence-corrected chi connectivity index (χ4v) is 4.41. The van der Waals surface area contributed by atoms with Gasteiger partial charge < -0.3 is 19.9 Å². The van der Waals surface area contributed by atoms with E-state index >= 15 is 0 Å². The van der Waals surface area contributed by atoms with Gasteiger partial charge in [0.1, 0.15) is 0 Å². The van der Waals surface area contributed by atoms with E-state index in [0.717, 1.165) is 7.11 Å². The summed E-state index contributed by atoms with van der Waals surface area (Å²) in [5.74, 6) is -1.40. The zero-order chi connectivity index (χ0) is 20.2. The quantitative estimate of drug-likeness (QED) is 0.631. The first-order chi connectivity index (χ1) is 12.7. The molecule has 0 unspecified atom stereocenters. The van der Waals surface area contributed by atoms with E-state index in [1.165, 1.54) is 28.6 Å². The maximum atomic E-state index is 12.8. The summed E-state index contributed by atoms with van der Waals surface area (Å²) in [6.07, 6.45) is -0.412. The van der Waals surface area contributed by atoms with Crippen LogP contribution in [0, 0.1) is 0 Å². The minimum absolute atomic E-state index is 0.0621. The molecule has 0 aliphatic carbocycles. The number of methoxy groups -OCH3 is 1. The molecule has 1 amide bonds. The van der Waals surface area contributed by atoms with Gasteiger partial charge in [-0.1, -0.05) is 0 Å². The van der Waals surface area contributed by atoms with Crippen LogP contribution in [0.4, 0.5) is 0 Å². The first-order valence-electron chi connectivity index (χ1n) is 8.44. The number of rotatable bonds is 6. The Labute approximate surface area is 158 Å². The lowest BCUT2D eigenvalue weighted by Gasteiger charge is -2.34. The van der Waals surface area contributed by atoms with Crippen LogP contribution in [0.15, 0.2) is 29.2 Å². The lowest BCUT2D eigenvalue weighted by molar-refractivity contribution is -0.143. The number of aliphatic hydroxyl groups excluding tert-OH is 1. The zero-order valence-corrected chi connectivity index (χ0v) is 16.2. The highest BCUT2D eigenvalue weighted by atomic mass is 32.2. The number of carbonyl (C=O) groups is 2. The molecule has 1 aromatic carbocycles. The number of hydrogen-bond acceptors (Lipinski definition) is 7. The average molecular weight is 400 g/mol. The fraction of sp³-hybridized carbons (Fsp3) is 0.529. The molecule has 2 rings (SSSR count). The van der Waals surface area contributed by atoms with Crippen LogP contribution in [0.25, 0.3) is 0 Å². The predicted octanol–water partition coefficient (Wildman–Crippen LogP) is -0.252. The molecule has 0 radical (unpaired) electrons. The van der Waals surface area contributed by atoms with Crippen LogP contribution in [0.3, 0.4) is 0 Å². The van der Waals surface area contributed by atoms with E-state index < -0.39 is 34.5 Å². The van der Waals surface area contributed by atoms with Crippen LogP contribution in [0.1, 0.15) is 24.2 Å². The number of hydrogen-bond donors (Lipinski definition) is 2. The monoisotopic (exact) mass is 400 g/mol. The first kappa shape index (κ1) is 21.3. The predicted molar refractivity (Wildman–Crippen MR) is 95.6 cm³/mol. The molecule has 1 aliphatic heterocycles. The first-order valence-corrected chi connectivity index (χ1v) is 9.88. The summed E-state index contributed by atoms with van der Waals surface area (Å²) in [5, 5.41) is 11.5. The summed E-state index contributed by atoms with van der Waals surface area (Å²) in [5.41, 5.74) is 0.153. The molecule has 1 heterocycles. The number of esters is 1. The third kappa shape index (κ3) is 5.04. The molecular weight excluding hydrogens is 376 g/mol. The number of carbonyl (C=O) groups excluding carboxylic acids is 2. The van der Waals surface area contributed by atoms with Gasteiger partial charge in [0.15, 0.2) is 6.04 Å². The third-order valence-corrected chi connectivity index (χ3v) is 5.96. The highest BCUT2D eigenvalue weighted by molar-refractivity contribution is 7.89. The van der Waals surface area contributed by atoms with Gasteiger partial charge >= 0.3 is 5.97 Å². The van der Waals surface area contributed by atoms with Gasteiger partial charge in [-0.05, 0) is 38.1 Å². The Hall–Kier alpha value is -2.01. The molecule has 0 spiro atoms. The number of benzene rings is 1. The van der Waals surface area contributed by atoms with Gasteiger partial charge in [-0.2, -0.15) is 4.31 Å². The Morgan fingerprint density at radius 1 is 1.26 bits per heavy atom. The van der Waals surface area contributed by atoms with Gasteiger partial charge in [0.05, 0.1) is 30.8 Å².